The van der Waals surface area contributed by atoms with Gasteiger partial charge in [0.1, 0.15) is 4.88 Å². The summed E-state index contributed by atoms with van der Waals surface area (Å²) in [6, 6.07) is 1.79. The van der Waals surface area contributed by atoms with Gasteiger partial charge in [0.05, 0.1) is 6.54 Å². The molecule has 0 bridgehead atoms. The molecule has 0 saturated carbocycles. The van der Waals surface area contributed by atoms with E-state index in [1.54, 1.807) is 18.4 Å². The Morgan fingerprint density at radius 3 is 3.06 bits per heavy atom. The van der Waals surface area contributed by atoms with Crippen molar-refractivity contribution in [1.29, 1.82) is 0 Å². The smallest absolute Gasteiger partial charge is 0.346 e. The Hall–Kier alpha value is -1.73. The van der Waals surface area contributed by atoms with Gasteiger partial charge < -0.3 is 14.9 Å². The van der Waals surface area contributed by atoms with E-state index in [1.165, 1.54) is 11.3 Å². The molecule has 0 spiro atoms. The summed E-state index contributed by atoms with van der Waals surface area (Å²) in [7, 11) is 0. The lowest BCUT2D eigenvalue weighted by Crippen LogP contribution is -2.15. The van der Waals surface area contributed by atoms with Gasteiger partial charge in [-0.05, 0) is 17.0 Å². The van der Waals surface area contributed by atoms with Crippen LogP contribution in [0.5, 0.6) is 0 Å². The number of thiophene rings is 1. The molecule has 0 saturated heterocycles. The minimum absolute atomic E-state index is 0.363. The quantitative estimate of drug-likeness (QED) is 0.838. The molecule has 2 rings (SSSR count). The predicted octanol–water partition coefficient (Wildman–Crippen LogP) is 1.43. The van der Waals surface area contributed by atoms with Crippen LogP contribution in [0.15, 0.2) is 16.0 Å². The van der Waals surface area contributed by atoms with Crippen molar-refractivity contribution in [3.05, 3.63) is 33.6 Å². The van der Waals surface area contributed by atoms with Crippen LogP contribution in [0.4, 0.5) is 0 Å². The summed E-state index contributed by atoms with van der Waals surface area (Å²) in [5.74, 6) is 0.186. The van der Waals surface area contributed by atoms with Gasteiger partial charge in [-0.25, -0.2) is 4.79 Å². The van der Waals surface area contributed by atoms with E-state index in [9.17, 15) is 4.79 Å². The molecular formula is C10H11N3O3S. The SMILES string of the molecule is Cc1nc(CNCc2ccsc2C(=O)O)no1. The lowest BCUT2D eigenvalue weighted by atomic mass is 10.2. The van der Waals surface area contributed by atoms with E-state index in [1.807, 2.05) is 0 Å². The molecule has 0 radical (unpaired) electrons. The monoisotopic (exact) mass is 253 g/mol. The summed E-state index contributed by atoms with van der Waals surface area (Å²) in [5.41, 5.74) is 0.766. The van der Waals surface area contributed by atoms with Gasteiger partial charge in [0.25, 0.3) is 0 Å². The van der Waals surface area contributed by atoms with Crippen LogP contribution in [0.25, 0.3) is 0 Å². The van der Waals surface area contributed by atoms with Crippen LogP contribution in [-0.4, -0.2) is 21.2 Å². The second-order valence-corrected chi connectivity index (χ2v) is 4.33. The molecule has 6 nitrogen and oxygen atoms in total. The molecule has 2 aromatic heterocycles. The number of hydrogen-bond donors (Lipinski definition) is 2. The fourth-order valence-corrected chi connectivity index (χ4v) is 2.15. The van der Waals surface area contributed by atoms with Crippen molar-refractivity contribution in [3.63, 3.8) is 0 Å². The third-order valence-electron chi connectivity index (χ3n) is 2.11. The van der Waals surface area contributed by atoms with E-state index in [2.05, 4.69) is 15.5 Å². The molecule has 0 aliphatic heterocycles. The van der Waals surface area contributed by atoms with Gasteiger partial charge in [-0.15, -0.1) is 11.3 Å². The van der Waals surface area contributed by atoms with Crippen LogP contribution in [0.1, 0.15) is 27.0 Å². The van der Waals surface area contributed by atoms with Gasteiger partial charge in [0.15, 0.2) is 5.82 Å². The Morgan fingerprint density at radius 1 is 1.59 bits per heavy atom. The molecule has 17 heavy (non-hydrogen) atoms. The molecule has 0 fully saturated rings. The topological polar surface area (TPSA) is 88.2 Å². The van der Waals surface area contributed by atoms with E-state index >= 15 is 0 Å². The highest BCUT2D eigenvalue weighted by Gasteiger charge is 2.11. The number of carbonyl (C=O) groups is 1. The Bertz CT molecular complexity index is 520. The second-order valence-electron chi connectivity index (χ2n) is 3.41. The van der Waals surface area contributed by atoms with Gasteiger partial charge in [0.2, 0.25) is 5.89 Å². The molecule has 7 heteroatoms. The number of nitrogens with zero attached hydrogens (tertiary/aromatic N) is 2. The summed E-state index contributed by atoms with van der Waals surface area (Å²) in [6.07, 6.45) is 0. The molecule has 0 atom stereocenters. The highest BCUT2D eigenvalue weighted by molar-refractivity contribution is 7.12. The van der Waals surface area contributed by atoms with Crippen LogP contribution in [0.3, 0.4) is 0 Å². The number of rotatable bonds is 5. The maximum Gasteiger partial charge on any atom is 0.346 e. The largest absolute Gasteiger partial charge is 0.477 e. The third kappa shape index (κ3) is 2.89. The molecule has 0 aromatic carbocycles. The predicted molar refractivity (Wildman–Crippen MR) is 60.9 cm³/mol. The Labute approximate surface area is 101 Å². The summed E-state index contributed by atoms with van der Waals surface area (Å²) >= 11 is 1.22. The second kappa shape index (κ2) is 5.07. The average molecular weight is 253 g/mol. The first-order valence-electron chi connectivity index (χ1n) is 4.96. The number of aromatic nitrogens is 2. The van der Waals surface area contributed by atoms with Crippen LogP contribution in [0, 0.1) is 6.92 Å². The highest BCUT2D eigenvalue weighted by atomic mass is 32.1. The number of hydrogen-bond acceptors (Lipinski definition) is 6. The van der Waals surface area contributed by atoms with Crippen molar-refractivity contribution in [2.45, 2.75) is 20.0 Å². The summed E-state index contributed by atoms with van der Waals surface area (Å²) < 4.78 is 4.82. The lowest BCUT2D eigenvalue weighted by molar-refractivity contribution is 0.0701. The molecule has 0 aliphatic carbocycles. The summed E-state index contributed by atoms with van der Waals surface area (Å²) in [4.78, 5) is 15.3. The molecular weight excluding hydrogens is 242 g/mol. The molecule has 0 aliphatic rings. The van der Waals surface area contributed by atoms with Crippen LogP contribution < -0.4 is 5.32 Å². The van der Waals surface area contributed by atoms with Gasteiger partial charge in [0, 0.05) is 13.5 Å². The van der Waals surface area contributed by atoms with E-state index in [0.29, 0.717) is 29.7 Å². The van der Waals surface area contributed by atoms with E-state index in [-0.39, 0.29) is 0 Å². The maximum absolute atomic E-state index is 10.9. The highest BCUT2D eigenvalue weighted by Crippen LogP contribution is 2.16. The fourth-order valence-electron chi connectivity index (χ4n) is 1.38. The normalized spacial score (nSPS) is 10.6. The molecule has 0 unspecified atom stereocenters. The molecule has 90 valence electrons. The lowest BCUT2D eigenvalue weighted by Gasteiger charge is -2.01. The first-order valence-corrected chi connectivity index (χ1v) is 5.84. The van der Waals surface area contributed by atoms with E-state index in [4.69, 9.17) is 9.63 Å². The summed E-state index contributed by atoms with van der Waals surface area (Å²) in [6.45, 7) is 2.64. The molecule has 2 heterocycles. The maximum atomic E-state index is 10.9. The molecule has 0 amide bonds. The summed E-state index contributed by atoms with van der Waals surface area (Å²) in [5, 5.41) is 17.5. The fraction of sp³-hybridized carbons (Fsp3) is 0.300. The van der Waals surface area contributed by atoms with E-state index < -0.39 is 5.97 Å². The van der Waals surface area contributed by atoms with Crippen LogP contribution in [-0.2, 0) is 13.1 Å². The van der Waals surface area contributed by atoms with Gasteiger partial charge in [-0.3, -0.25) is 0 Å². The average Bonchev–Trinajstić information content (AvgIpc) is 2.87. The number of aryl methyl sites for hydroxylation is 1. The van der Waals surface area contributed by atoms with E-state index in [0.717, 1.165) is 5.56 Å². The third-order valence-corrected chi connectivity index (χ3v) is 3.05. The molecule has 2 aromatic rings. The van der Waals surface area contributed by atoms with Gasteiger partial charge in [-0.1, -0.05) is 5.16 Å². The minimum Gasteiger partial charge on any atom is -0.477 e. The number of nitrogens with one attached hydrogen (secondary N) is 1. The Kier molecular flexibility index (Phi) is 3.50. The number of carboxylic acids is 1. The van der Waals surface area contributed by atoms with Crippen molar-refractivity contribution >= 4 is 17.3 Å². The van der Waals surface area contributed by atoms with Gasteiger partial charge in [-0.2, -0.15) is 4.98 Å². The molecule has 2 N–H and O–H groups in total. The van der Waals surface area contributed by atoms with Crippen LogP contribution in [0.2, 0.25) is 0 Å². The zero-order valence-electron chi connectivity index (χ0n) is 9.14. The number of carboxylic acid groups (broad SMARTS) is 1. The standard InChI is InChI=1S/C10H11N3O3S/c1-6-12-8(13-16-6)5-11-4-7-2-3-17-9(7)10(14)15/h2-3,11H,4-5H2,1H3,(H,14,15). The van der Waals surface area contributed by atoms with Crippen molar-refractivity contribution in [1.82, 2.24) is 15.5 Å². The van der Waals surface area contributed by atoms with Crippen molar-refractivity contribution in [3.8, 4) is 0 Å². The van der Waals surface area contributed by atoms with Crippen LogP contribution >= 0.6 is 11.3 Å². The number of aromatic carboxylic acids is 1. The zero-order valence-corrected chi connectivity index (χ0v) is 9.95. The minimum atomic E-state index is -0.896. The van der Waals surface area contributed by atoms with Crippen molar-refractivity contribution in [2.75, 3.05) is 0 Å². The zero-order chi connectivity index (χ0) is 12.3. The van der Waals surface area contributed by atoms with Crippen molar-refractivity contribution in [2.24, 2.45) is 0 Å². The first-order chi connectivity index (χ1) is 8.16. The van der Waals surface area contributed by atoms with Crippen molar-refractivity contribution < 1.29 is 14.4 Å². The first kappa shape index (κ1) is 11.7. The Balaban J connectivity index is 1.90. The van der Waals surface area contributed by atoms with Gasteiger partial charge >= 0.3 is 5.97 Å². The Morgan fingerprint density at radius 2 is 2.41 bits per heavy atom.